The second-order valence-corrected chi connectivity index (χ2v) is 5.94. The number of anilines is 2. The maximum absolute atomic E-state index is 14.6. The van der Waals surface area contributed by atoms with E-state index in [0.29, 0.717) is 0 Å². The molecule has 0 aliphatic carbocycles. The van der Waals surface area contributed by atoms with Gasteiger partial charge >= 0.3 is 12.2 Å². The quantitative estimate of drug-likeness (QED) is 0.763. The lowest BCUT2D eigenvalue weighted by molar-refractivity contribution is 0.0899. The summed E-state index contributed by atoms with van der Waals surface area (Å²) in [5.74, 6) is -0.651. The number of carbonyl (C=O) groups excluding carboxylic acids is 2. The summed E-state index contributed by atoms with van der Waals surface area (Å²) in [6.07, 6.45) is -1.95. The van der Waals surface area contributed by atoms with Crippen molar-refractivity contribution in [3.8, 4) is 0 Å². The van der Waals surface area contributed by atoms with Crippen LogP contribution in [0.15, 0.2) is 18.2 Å². The molecule has 1 aromatic rings. The van der Waals surface area contributed by atoms with Crippen molar-refractivity contribution in [3.63, 3.8) is 0 Å². The van der Waals surface area contributed by atoms with E-state index in [1.807, 2.05) is 0 Å². The highest BCUT2D eigenvalue weighted by molar-refractivity contribution is 7.78. The van der Waals surface area contributed by atoms with Gasteiger partial charge in [-0.2, -0.15) is 0 Å². The fourth-order valence-corrected chi connectivity index (χ4v) is 3.25. The van der Waals surface area contributed by atoms with Crippen LogP contribution in [0.2, 0.25) is 0 Å². The van der Waals surface area contributed by atoms with Crippen LogP contribution in [0.1, 0.15) is 6.92 Å². The lowest BCUT2D eigenvalue weighted by Crippen LogP contribution is -2.62. The molecular formula is C15H17FN4O4S. The highest BCUT2D eigenvalue weighted by atomic mass is 32.1. The van der Waals surface area contributed by atoms with Crippen LogP contribution in [-0.4, -0.2) is 49.8 Å². The number of ether oxygens (including phenoxy) is 2. The first-order valence-corrected chi connectivity index (χ1v) is 8.03. The van der Waals surface area contributed by atoms with Crippen LogP contribution in [0.3, 0.4) is 0 Å². The Labute approximate surface area is 148 Å². The lowest BCUT2D eigenvalue weighted by Gasteiger charge is -2.35. The second kappa shape index (κ2) is 6.45. The molecule has 1 unspecified atom stereocenters. The minimum absolute atomic E-state index is 0.0912. The van der Waals surface area contributed by atoms with Gasteiger partial charge in [0.25, 0.3) is 0 Å². The molecule has 2 atom stereocenters. The number of amides is 2. The van der Waals surface area contributed by atoms with Crippen molar-refractivity contribution in [2.75, 3.05) is 30.0 Å². The van der Waals surface area contributed by atoms with Gasteiger partial charge < -0.3 is 14.8 Å². The number of cyclic esters (lactones) is 2. The first kappa shape index (κ1) is 17.4. The van der Waals surface area contributed by atoms with Gasteiger partial charge in [-0.3, -0.25) is 10.2 Å². The van der Waals surface area contributed by atoms with E-state index in [2.05, 4.69) is 10.6 Å². The summed E-state index contributed by atoms with van der Waals surface area (Å²) in [7, 11) is 1.63. The van der Waals surface area contributed by atoms with Crippen LogP contribution in [0.5, 0.6) is 0 Å². The average molecular weight is 368 g/mol. The van der Waals surface area contributed by atoms with Gasteiger partial charge in [0.15, 0.2) is 11.9 Å². The third-order valence-corrected chi connectivity index (χ3v) is 4.35. The molecule has 0 radical (unpaired) electrons. The van der Waals surface area contributed by atoms with Gasteiger partial charge in [-0.25, -0.2) is 18.9 Å². The van der Waals surface area contributed by atoms with Crippen LogP contribution in [0.4, 0.5) is 25.4 Å². The molecule has 2 saturated heterocycles. The van der Waals surface area contributed by atoms with Crippen molar-refractivity contribution >= 4 is 41.3 Å². The van der Waals surface area contributed by atoms with Crippen molar-refractivity contribution in [2.24, 2.45) is 0 Å². The predicted molar refractivity (Wildman–Crippen MR) is 92.1 cm³/mol. The molecule has 134 valence electrons. The van der Waals surface area contributed by atoms with E-state index in [1.165, 1.54) is 33.5 Å². The Balaban J connectivity index is 1.97. The fraction of sp³-hybridized carbons (Fsp3) is 0.400. The number of benzene rings is 1. The van der Waals surface area contributed by atoms with Crippen LogP contribution >= 0.6 is 12.2 Å². The van der Waals surface area contributed by atoms with Gasteiger partial charge in [0, 0.05) is 0 Å². The third-order valence-electron chi connectivity index (χ3n) is 4.23. The summed E-state index contributed by atoms with van der Waals surface area (Å²) in [5.41, 5.74) is 0.579. The Kier molecular flexibility index (Phi) is 4.48. The van der Waals surface area contributed by atoms with Gasteiger partial charge in [-0.15, -0.1) is 0 Å². The number of nitrogens with zero attached hydrogens (tertiary/aromatic N) is 2. The molecule has 0 spiro atoms. The number of hydrogen-bond acceptors (Lipinski definition) is 6. The molecule has 2 aliphatic rings. The molecule has 1 aromatic carbocycles. The Morgan fingerprint density at radius 2 is 2.16 bits per heavy atom. The summed E-state index contributed by atoms with van der Waals surface area (Å²) in [5, 5.41) is 5.77. The largest absolute Gasteiger partial charge is 0.447 e. The second-order valence-electron chi connectivity index (χ2n) is 5.70. The van der Waals surface area contributed by atoms with Gasteiger partial charge in [0.05, 0.1) is 23.4 Å². The molecular weight excluding hydrogens is 351 g/mol. The molecule has 0 bridgehead atoms. The van der Waals surface area contributed by atoms with Gasteiger partial charge in [-0.1, -0.05) is 12.2 Å². The Morgan fingerprint density at radius 1 is 1.40 bits per heavy atom. The highest BCUT2D eigenvalue weighted by Gasteiger charge is 2.52. The van der Waals surface area contributed by atoms with E-state index < -0.39 is 29.9 Å². The zero-order valence-electron chi connectivity index (χ0n) is 13.6. The van der Waals surface area contributed by atoms with E-state index in [4.69, 9.17) is 21.7 Å². The lowest BCUT2D eigenvalue weighted by atomic mass is 10.1. The Hall–Kier alpha value is -2.46. The molecule has 2 fully saturated rings. The summed E-state index contributed by atoms with van der Waals surface area (Å²) in [6, 6.07) is 4.13. The van der Waals surface area contributed by atoms with E-state index in [1.54, 1.807) is 14.0 Å². The number of halogens is 1. The van der Waals surface area contributed by atoms with Gasteiger partial charge in [0.2, 0.25) is 0 Å². The van der Waals surface area contributed by atoms with E-state index >= 15 is 0 Å². The van der Waals surface area contributed by atoms with Crippen LogP contribution in [-0.2, 0) is 9.47 Å². The molecule has 10 heteroatoms. The SMILES string of the molecule is CN[C@H]1OC(=O)N(c2ccc(N3CCOC3=O)c(F)c2)C1(C)NC=S. The van der Waals surface area contributed by atoms with Crippen molar-refractivity contribution in [2.45, 2.75) is 18.8 Å². The first-order valence-electron chi connectivity index (χ1n) is 7.55. The fourth-order valence-electron chi connectivity index (χ4n) is 3.01. The van der Waals surface area contributed by atoms with Crippen molar-refractivity contribution < 1.29 is 23.5 Å². The first-order chi connectivity index (χ1) is 11.9. The van der Waals surface area contributed by atoms with Gasteiger partial charge in [0.1, 0.15) is 12.4 Å². The standard InChI is InChI=1S/C15H17FN4O4S/c1-15(18-8-25)12(17-2)24-14(22)20(15)9-3-4-11(10(16)7-9)19-5-6-23-13(19)21/h3-4,7-8,12,17H,5-6H2,1-2H3,(H,18,25)/t12-,15?/m0/s1. The van der Waals surface area contributed by atoms with Crippen LogP contribution in [0, 0.1) is 5.82 Å². The maximum Gasteiger partial charge on any atom is 0.418 e. The van der Waals surface area contributed by atoms with Crippen LogP contribution in [0.25, 0.3) is 0 Å². The number of thiocarbonyl (C=S) groups is 1. The average Bonchev–Trinajstić information content (AvgIpc) is 3.08. The zero-order valence-corrected chi connectivity index (χ0v) is 14.4. The molecule has 0 saturated carbocycles. The highest BCUT2D eigenvalue weighted by Crippen LogP contribution is 2.35. The molecule has 2 aliphatic heterocycles. The molecule has 25 heavy (non-hydrogen) atoms. The summed E-state index contributed by atoms with van der Waals surface area (Å²) >= 11 is 4.85. The molecule has 2 N–H and O–H groups in total. The van der Waals surface area contributed by atoms with E-state index in [0.717, 1.165) is 0 Å². The maximum atomic E-state index is 14.6. The van der Waals surface area contributed by atoms with Crippen molar-refractivity contribution in [3.05, 3.63) is 24.0 Å². The zero-order chi connectivity index (χ0) is 18.2. The minimum Gasteiger partial charge on any atom is -0.447 e. The van der Waals surface area contributed by atoms with E-state index in [9.17, 15) is 14.0 Å². The predicted octanol–water partition coefficient (Wildman–Crippen LogP) is 1.55. The topological polar surface area (TPSA) is 83.1 Å². The molecule has 2 heterocycles. The summed E-state index contributed by atoms with van der Waals surface area (Å²) < 4.78 is 24.7. The Bertz CT molecular complexity index is 733. The molecule has 3 rings (SSSR count). The smallest absolute Gasteiger partial charge is 0.418 e. The van der Waals surface area contributed by atoms with Crippen molar-refractivity contribution in [1.29, 1.82) is 0 Å². The number of carbonyl (C=O) groups is 2. The molecule has 2 amide bonds. The monoisotopic (exact) mass is 368 g/mol. The molecule has 8 nitrogen and oxygen atoms in total. The van der Waals surface area contributed by atoms with Crippen molar-refractivity contribution in [1.82, 2.24) is 10.6 Å². The van der Waals surface area contributed by atoms with Crippen LogP contribution < -0.4 is 20.4 Å². The number of likely N-dealkylation sites (N-methyl/N-ethyl adjacent to an activating group) is 1. The Morgan fingerprint density at radius 3 is 2.72 bits per heavy atom. The summed E-state index contributed by atoms with van der Waals surface area (Å²) in [4.78, 5) is 26.4. The normalized spacial score (nSPS) is 25.8. The molecule has 0 aromatic heterocycles. The minimum atomic E-state index is -1.05. The van der Waals surface area contributed by atoms with Gasteiger partial charge in [-0.05, 0) is 32.2 Å². The number of hydrogen-bond donors (Lipinski definition) is 2. The number of nitrogens with one attached hydrogen (secondary N) is 2. The van der Waals surface area contributed by atoms with E-state index in [-0.39, 0.29) is 24.5 Å². The summed E-state index contributed by atoms with van der Waals surface area (Å²) in [6.45, 7) is 2.18. The number of rotatable bonds is 5. The third kappa shape index (κ3) is 2.76.